The number of hydrogen-bond acceptors (Lipinski definition) is 4. The molecule has 0 aromatic heterocycles. The topological polar surface area (TPSA) is 73.9 Å². The minimum Gasteiger partial charge on any atom is -0.495 e. The molecule has 0 bridgehead atoms. The number of urea groups is 1. The Morgan fingerprint density at radius 3 is 2.52 bits per heavy atom. The fourth-order valence-corrected chi connectivity index (χ4v) is 4.05. The molecule has 2 fully saturated rings. The van der Waals surface area contributed by atoms with Crippen LogP contribution in [-0.2, 0) is 4.79 Å². The zero-order valence-corrected chi connectivity index (χ0v) is 16.3. The standard InChI is InChI=1S/C20H30N4O3/c1-15(25)21-18-14-16(8-9-19(18)27-2)22-20(26)24-11-5-10-23(12-13-24)17-6-3-4-7-17/h8-9,14,17H,3-7,10-13H2,1-2H3,(H,21,25)(H,22,26). The van der Waals surface area contributed by atoms with Gasteiger partial charge in [0, 0.05) is 44.8 Å². The lowest BCUT2D eigenvalue weighted by Crippen LogP contribution is -2.40. The van der Waals surface area contributed by atoms with Crippen LogP contribution >= 0.6 is 0 Å². The highest BCUT2D eigenvalue weighted by atomic mass is 16.5. The van der Waals surface area contributed by atoms with E-state index in [9.17, 15) is 9.59 Å². The number of anilines is 2. The Kier molecular flexibility index (Phi) is 6.55. The van der Waals surface area contributed by atoms with Gasteiger partial charge in [0.05, 0.1) is 12.8 Å². The third-order valence-electron chi connectivity index (χ3n) is 5.42. The summed E-state index contributed by atoms with van der Waals surface area (Å²) in [6, 6.07) is 5.86. The number of carbonyl (C=O) groups excluding carboxylic acids is 2. The first-order chi connectivity index (χ1) is 13.1. The van der Waals surface area contributed by atoms with Crippen molar-refractivity contribution in [3.05, 3.63) is 18.2 Å². The number of nitrogens with zero attached hydrogens (tertiary/aromatic N) is 2. The van der Waals surface area contributed by atoms with E-state index in [1.807, 2.05) is 4.90 Å². The Hall–Kier alpha value is -2.28. The molecule has 1 saturated carbocycles. The normalized spacial score (nSPS) is 18.8. The fraction of sp³-hybridized carbons (Fsp3) is 0.600. The van der Waals surface area contributed by atoms with Gasteiger partial charge in [0.2, 0.25) is 5.91 Å². The van der Waals surface area contributed by atoms with Gasteiger partial charge in [0.1, 0.15) is 5.75 Å². The van der Waals surface area contributed by atoms with Gasteiger partial charge in [-0.25, -0.2) is 4.79 Å². The van der Waals surface area contributed by atoms with Crippen LogP contribution in [0.25, 0.3) is 0 Å². The quantitative estimate of drug-likeness (QED) is 0.849. The Bertz CT molecular complexity index is 673. The lowest BCUT2D eigenvalue weighted by molar-refractivity contribution is -0.114. The Balaban J connectivity index is 1.60. The van der Waals surface area contributed by atoms with Gasteiger partial charge in [-0.2, -0.15) is 0 Å². The maximum Gasteiger partial charge on any atom is 0.321 e. The molecule has 148 valence electrons. The van der Waals surface area contributed by atoms with E-state index in [-0.39, 0.29) is 11.9 Å². The molecule has 0 radical (unpaired) electrons. The van der Waals surface area contributed by atoms with Gasteiger partial charge in [-0.1, -0.05) is 12.8 Å². The second-order valence-electron chi connectivity index (χ2n) is 7.34. The summed E-state index contributed by atoms with van der Waals surface area (Å²) in [5.41, 5.74) is 1.19. The molecule has 7 nitrogen and oxygen atoms in total. The van der Waals surface area contributed by atoms with Crippen LogP contribution in [0, 0.1) is 0 Å². The van der Waals surface area contributed by atoms with E-state index < -0.39 is 0 Å². The number of hydrogen-bond donors (Lipinski definition) is 2. The first kappa shape index (κ1) is 19.5. The van der Waals surface area contributed by atoms with Crippen LogP contribution in [0.15, 0.2) is 18.2 Å². The first-order valence-corrected chi connectivity index (χ1v) is 9.82. The molecular formula is C20H30N4O3. The predicted molar refractivity (Wildman–Crippen MR) is 106 cm³/mol. The zero-order chi connectivity index (χ0) is 19.2. The van der Waals surface area contributed by atoms with Crippen molar-refractivity contribution < 1.29 is 14.3 Å². The van der Waals surface area contributed by atoms with Crippen LogP contribution in [0.1, 0.15) is 39.0 Å². The van der Waals surface area contributed by atoms with Gasteiger partial charge < -0.3 is 20.3 Å². The summed E-state index contributed by atoms with van der Waals surface area (Å²) >= 11 is 0. The van der Waals surface area contributed by atoms with E-state index in [4.69, 9.17) is 4.74 Å². The fourth-order valence-electron chi connectivity index (χ4n) is 4.05. The molecule has 7 heteroatoms. The summed E-state index contributed by atoms with van der Waals surface area (Å²) < 4.78 is 5.26. The minimum absolute atomic E-state index is 0.0952. The maximum absolute atomic E-state index is 12.7. The highest BCUT2D eigenvalue weighted by Crippen LogP contribution is 2.28. The van der Waals surface area contributed by atoms with Crippen molar-refractivity contribution in [3.8, 4) is 5.75 Å². The molecule has 1 aliphatic carbocycles. The number of benzene rings is 1. The predicted octanol–water partition coefficient (Wildman–Crippen LogP) is 3.14. The molecule has 0 atom stereocenters. The summed E-state index contributed by atoms with van der Waals surface area (Å²) in [4.78, 5) is 28.5. The molecule has 1 aliphatic heterocycles. The second kappa shape index (κ2) is 9.08. The Morgan fingerprint density at radius 1 is 1.04 bits per heavy atom. The van der Waals surface area contributed by atoms with Crippen molar-refractivity contribution in [2.24, 2.45) is 0 Å². The third-order valence-corrected chi connectivity index (χ3v) is 5.42. The number of carbonyl (C=O) groups is 2. The Labute approximate surface area is 161 Å². The number of amides is 3. The van der Waals surface area contributed by atoms with Gasteiger partial charge in [-0.3, -0.25) is 9.69 Å². The first-order valence-electron chi connectivity index (χ1n) is 9.82. The van der Waals surface area contributed by atoms with E-state index in [1.54, 1.807) is 25.3 Å². The molecular weight excluding hydrogens is 344 g/mol. The SMILES string of the molecule is COc1ccc(NC(=O)N2CCCN(C3CCCC3)CC2)cc1NC(C)=O. The molecule has 1 saturated heterocycles. The lowest BCUT2D eigenvalue weighted by atomic mass is 10.2. The van der Waals surface area contributed by atoms with Gasteiger partial charge in [0.15, 0.2) is 0 Å². The van der Waals surface area contributed by atoms with Gasteiger partial charge in [0.25, 0.3) is 0 Å². The average molecular weight is 374 g/mol. The van der Waals surface area contributed by atoms with Crippen LogP contribution < -0.4 is 15.4 Å². The average Bonchev–Trinajstić information content (AvgIpc) is 3.06. The van der Waals surface area contributed by atoms with Crippen LogP contribution in [0.5, 0.6) is 5.75 Å². The summed E-state index contributed by atoms with van der Waals surface area (Å²) in [6.45, 7) is 4.97. The molecule has 0 unspecified atom stereocenters. The van der Waals surface area contributed by atoms with E-state index in [0.29, 0.717) is 23.2 Å². The van der Waals surface area contributed by atoms with Crippen LogP contribution in [0.3, 0.4) is 0 Å². The third kappa shape index (κ3) is 5.13. The molecule has 1 aromatic rings. The summed E-state index contributed by atoms with van der Waals surface area (Å²) in [5, 5.41) is 5.68. The zero-order valence-electron chi connectivity index (χ0n) is 16.3. The molecule has 3 rings (SSSR count). The summed E-state index contributed by atoms with van der Waals surface area (Å²) in [5.74, 6) is 0.376. The lowest BCUT2D eigenvalue weighted by Gasteiger charge is -2.27. The van der Waals surface area contributed by atoms with Crippen LogP contribution in [0.4, 0.5) is 16.2 Å². The van der Waals surface area contributed by atoms with Crippen molar-refractivity contribution in [3.63, 3.8) is 0 Å². The highest BCUT2D eigenvalue weighted by Gasteiger charge is 2.26. The van der Waals surface area contributed by atoms with Crippen molar-refractivity contribution in [1.82, 2.24) is 9.80 Å². The number of nitrogens with one attached hydrogen (secondary N) is 2. The maximum atomic E-state index is 12.7. The largest absolute Gasteiger partial charge is 0.495 e. The molecule has 1 heterocycles. The second-order valence-corrected chi connectivity index (χ2v) is 7.34. The van der Waals surface area contributed by atoms with Crippen molar-refractivity contribution >= 4 is 23.3 Å². The van der Waals surface area contributed by atoms with Crippen molar-refractivity contribution in [2.45, 2.75) is 45.1 Å². The van der Waals surface area contributed by atoms with E-state index in [2.05, 4.69) is 15.5 Å². The minimum atomic E-state index is -0.184. The number of ether oxygens (including phenoxy) is 1. The van der Waals surface area contributed by atoms with Crippen LogP contribution in [0.2, 0.25) is 0 Å². The number of methoxy groups -OCH3 is 1. The van der Waals surface area contributed by atoms with E-state index >= 15 is 0 Å². The monoisotopic (exact) mass is 374 g/mol. The molecule has 2 N–H and O–H groups in total. The van der Waals surface area contributed by atoms with Gasteiger partial charge in [-0.15, -0.1) is 0 Å². The molecule has 3 amide bonds. The summed E-state index contributed by atoms with van der Waals surface area (Å²) in [7, 11) is 1.55. The highest BCUT2D eigenvalue weighted by molar-refractivity contribution is 5.94. The molecule has 2 aliphatic rings. The van der Waals surface area contributed by atoms with Crippen molar-refractivity contribution in [1.29, 1.82) is 0 Å². The molecule has 27 heavy (non-hydrogen) atoms. The Morgan fingerprint density at radius 2 is 1.81 bits per heavy atom. The van der Waals surface area contributed by atoms with Gasteiger partial charge in [-0.05, 0) is 37.5 Å². The molecule has 1 aromatic carbocycles. The van der Waals surface area contributed by atoms with Gasteiger partial charge >= 0.3 is 6.03 Å². The number of rotatable bonds is 4. The summed E-state index contributed by atoms with van der Waals surface area (Å²) in [6.07, 6.45) is 6.26. The van der Waals surface area contributed by atoms with E-state index in [0.717, 1.165) is 32.6 Å². The van der Waals surface area contributed by atoms with E-state index in [1.165, 1.54) is 32.6 Å². The van der Waals surface area contributed by atoms with Crippen molar-refractivity contribution in [2.75, 3.05) is 43.9 Å². The van der Waals surface area contributed by atoms with Crippen LogP contribution in [-0.4, -0.2) is 61.1 Å². The molecule has 0 spiro atoms. The smallest absolute Gasteiger partial charge is 0.321 e.